The summed E-state index contributed by atoms with van der Waals surface area (Å²) in [4.78, 5) is 2.38. The first-order chi connectivity index (χ1) is 14.0. The Kier molecular flexibility index (Phi) is 9.27. The zero-order valence-corrected chi connectivity index (χ0v) is 18.3. The molecule has 10 heteroatoms. The Morgan fingerprint density at radius 1 is 1.03 bits per heavy atom. The summed E-state index contributed by atoms with van der Waals surface area (Å²) in [6, 6.07) is 13.9. The largest absolute Gasteiger partial charge is 0.573 e. The first-order valence-corrected chi connectivity index (χ1v) is 9.62. The number of nitrogens with zero attached hydrogens (tertiary/aromatic N) is 1. The average molecular weight is 481 g/mol. The zero-order valence-electron chi connectivity index (χ0n) is 16.6. The van der Waals surface area contributed by atoms with Gasteiger partial charge in [0.2, 0.25) is 0 Å². The summed E-state index contributed by atoms with van der Waals surface area (Å²) < 4.78 is 53.4. The van der Waals surface area contributed by atoms with E-state index in [2.05, 4.69) is 21.0 Å². The SMILES string of the molecule is Cl.Cl.FC(F)(F)Oc1cccc(COC2COc3ccccc3C2N2CCNCC2)c1. The van der Waals surface area contributed by atoms with E-state index in [1.165, 1.54) is 18.2 Å². The van der Waals surface area contributed by atoms with E-state index in [0.717, 1.165) is 37.5 Å². The molecule has 0 radical (unpaired) electrons. The number of hydrogen-bond donors (Lipinski definition) is 1. The van der Waals surface area contributed by atoms with Gasteiger partial charge in [-0.15, -0.1) is 38.0 Å². The Bertz CT molecular complexity index is 836. The van der Waals surface area contributed by atoms with Crippen LogP contribution in [0.2, 0.25) is 0 Å². The van der Waals surface area contributed by atoms with E-state index in [-0.39, 0.29) is 49.3 Å². The predicted octanol–water partition coefficient (Wildman–Crippen LogP) is 4.35. The number of nitrogens with one attached hydrogen (secondary N) is 1. The third kappa shape index (κ3) is 6.63. The zero-order chi connectivity index (χ0) is 20.3. The molecule has 2 aromatic rings. The number of para-hydroxylation sites is 1. The van der Waals surface area contributed by atoms with Crippen LogP contribution in [-0.2, 0) is 11.3 Å². The van der Waals surface area contributed by atoms with Gasteiger partial charge in [-0.2, -0.15) is 0 Å². The quantitative estimate of drug-likeness (QED) is 0.688. The third-order valence-corrected chi connectivity index (χ3v) is 5.13. The summed E-state index contributed by atoms with van der Waals surface area (Å²) in [7, 11) is 0. The standard InChI is InChI=1S/C21H23F3N2O3.2ClH/c22-21(23,24)29-16-5-3-4-15(12-16)13-27-19-14-28-18-7-2-1-6-17(18)20(19)26-10-8-25-9-11-26;;/h1-7,12,19-20,25H,8-11,13-14H2;2*1H. The van der Waals surface area contributed by atoms with Gasteiger partial charge in [0.15, 0.2) is 0 Å². The van der Waals surface area contributed by atoms with E-state index in [1.54, 1.807) is 6.07 Å². The smallest absolute Gasteiger partial charge is 0.490 e. The lowest BCUT2D eigenvalue weighted by atomic mass is 9.95. The second-order valence-corrected chi connectivity index (χ2v) is 7.12. The molecule has 1 saturated heterocycles. The summed E-state index contributed by atoms with van der Waals surface area (Å²) in [5.41, 5.74) is 1.70. The van der Waals surface area contributed by atoms with E-state index in [4.69, 9.17) is 9.47 Å². The van der Waals surface area contributed by atoms with Crippen LogP contribution >= 0.6 is 24.8 Å². The first-order valence-electron chi connectivity index (χ1n) is 9.62. The third-order valence-electron chi connectivity index (χ3n) is 5.13. The fourth-order valence-electron chi connectivity index (χ4n) is 3.89. The molecule has 0 aromatic heterocycles. The summed E-state index contributed by atoms with van der Waals surface area (Å²) in [6.07, 6.45) is -4.94. The van der Waals surface area contributed by atoms with Crippen molar-refractivity contribution in [3.05, 3.63) is 59.7 Å². The number of ether oxygens (including phenoxy) is 3. The molecule has 2 aliphatic rings. The molecule has 0 saturated carbocycles. The summed E-state index contributed by atoms with van der Waals surface area (Å²) in [5.74, 6) is 0.610. The van der Waals surface area contributed by atoms with Gasteiger partial charge in [0.25, 0.3) is 0 Å². The summed E-state index contributed by atoms with van der Waals surface area (Å²) in [6.45, 7) is 4.17. The highest BCUT2D eigenvalue weighted by molar-refractivity contribution is 5.85. The van der Waals surface area contributed by atoms with Crippen molar-refractivity contribution in [2.75, 3.05) is 32.8 Å². The van der Waals surface area contributed by atoms with Crippen molar-refractivity contribution in [1.29, 1.82) is 0 Å². The average Bonchev–Trinajstić information content (AvgIpc) is 2.71. The minimum Gasteiger partial charge on any atom is -0.490 e. The van der Waals surface area contributed by atoms with Gasteiger partial charge in [-0.1, -0.05) is 30.3 Å². The van der Waals surface area contributed by atoms with Crippen LogP contribution in [0.3, 0.4) is 0 Å². The van der Waals surface area contributed by atoms with Gasteiger partial charge in [-0.05, 0) is 23.8 Å². The van der Waals surface area contributed by atoms with Crippen molar-refractivity contribution in [3.8, 4) is 11.5 Å². The van der Waals surface area contributed by atoms with Gasteiger partial charge in [0, 0.05) is 31.7 Å². The van der Waals surface area contributed by atoms with Crippen LogP contribution in [0.5, 0.6) is 11.5 Å². The van der Waals surface area contributed by atoms with Crippen LogP contribution in [0, 0.1) is 0 Å². The molecule has 0 bridgehead atoms. The van der Waals surface area contributed by atoms with Crippen molar-refractivity contribution in [1.82, 2.24) is 10.2 Å². The van der Waals surface area contributed by atoms with Crippen LogP contribution in [0.15, 0.2) is 48.5 Å². The Labute approximate surface area is 191 Å². The van der Waals surface area contributed by atoms with Crippen LogP contribution < -0.4 is 14.8 Å². The molecule has 4 rings (SSSR count). The Hall–Kier alpha value is -1.71. The highest BCUT2D eigenvalue weighted by Crippen LogP contribution is 2.38. The molecule has 0 aliphatic carbocycles. The molecule has 31 heavy (non-hydrogen) atoms. The fourth-order valence-corrected chi connectivity index (χ4v) is 3.89. The Balaban J connectivity index is 0.00000171. The molecule has 2 heterocycles. The van der Waals surface area contributed by atoms with E-state index in [1.807, 2.05) is 18.2 Å². The van der Waals surface area contributed by atoms with E-state index >= 15 is 0 Å². The Morgan fingerprint density at radius 3 is 2.52 bits per heavy atom. The van der Waals surface area contributed by atoms with Crippen LogP contribution in [0.4, 0.5) is 13.2 Å². The lowest BCUT2D eigenvalue weighted by Gasteiger charge is -2.42. The van der Waals surface area contributed by atoms with Crippen LogP contribution in [0.25, 0.3) is 0 Å². The van der Waals surface area contributed by atoms with Gasteiger partial charge in [-0.25, -0.2) is 0 Å². The molecule has 2 aliphatic heterocycles. The lowest BCUT2D eigenvalue weighted by Crippen LogP contribution is -2.51. The molecule has 1 N–H and O–H groups in total. The lowest BCUT2D eigenvalue weighted by molar-refractivity contribution is -0.274. The number of piperazine rings is 1. The Morgan fingerprint density at radius 2 is 1.77 bits per heavy atom. The van der Waals surface area contributed by atoms with Crippen molar-refractivity contribution >= 4 is 24.8 Å². The molecule has 0 spiro atoms. The van der Waals surface area contributed by atoms with E-state index in [0.29, 0.717) is 12.2 Å². The molecule has 2 aromatic carbocycles. The number of fused-ring (bicyclic) bond motifs is 1. The molecular formula is C21H25Cl2F3N2O3. The first kappa shape index (κ1) is 25.5. The highest BCUT2D eigenvalue weighted by Gasteiger charge is 2.36. The number of halogens is 5. The number of rotatable bonds is 5. The van der Waals surface area contributed by atoms with Gasteiger partial charge < -0.3 is 19.5 Å². The van der Waals surface area contributed by atoms with Gasteiger partial charge in [0.05, 0.1) is 12.6 Å². The van der Waals surface area contributed by atoms with Crippen LogP contribution in [-0.4, -0.2) is 50.2 Å². The molecule has 172 valence electrons. The maximum absolute atomic E-state index is 12.5. The van der Waals surface area contributed by atoms with Gasteiger partial charge in [0.1, 0.15) is 24.2 Å². The van der Waals surface area contributed by atoms with Crippen molar-refractivity contribution < 1.29 is 27.4 Å². The predicted molar refractivity (Wildman–Crippen MR) is 115 cm³/mol. The molecular weight excluding hydrogens is 456 g/mol. The second-order valence-electron chi connectivity index (χ2n) is 7.12. The second kappa shape index (κ2) is 11.2. The van der Waals surface area contributed by atoms with Gasteiger partial charge in [-0.3, -0.25) is 4.90 Å². The van der Waals surface area contributed by atoms with Crippen molar-refractivity contribution in [2.24, 2.45) is 0 Å². The van der Waals surface area contributed by atoms with Gasteiger partial charge >= 0.3 is 6.36 Å². The minimum absolute atomic E-state index is 0. The molecule has 2 unspecified atom stereocenters. The van der Waals surface area contributed by atoms with Crippen LogP contribution in [0.1, 0.15) is 17.2 Å². The monoisotopic (exact) mass is 480 g/mol. The number of hydrogen-bond acceptors (Lipinski definition) is 5. The van der Waals surface area contributed by atoms with Crippen molar-refractivity contribution in [3.63, 3.8) is 0 Å². The topological polar surface area (TPSA) is 43.0 Å². The minimum atomic E-state index is -4.71. The summed E-state index contributed by atoms with van der Waals surface area (Å²) in [5, 5.41) is 3.36. The normalized spacial score (nSPS) is 21.1. The molecule has 1 fully saturated rings. The molecule has 0 amide bonds. The summed E-state index contributed by atoms with van der Waals surface area (Å²) >= 11 is 0. The number of benzene rings is 2. The van der Waals surface area contributed by atoms with Crippen molar-refractivity contribution in [2.45, 2.75) is 25.1 Å². The van der Waals surface area contributed by atoms with E-state index < -0.39 is 6.36 Å². The maximum Gasteiger partial charge on any atom is 0.573 e. The highest BCUT2D eigenvalue weighted by atomic mass is 35.5. The number of alkyl halides is 3. The molecule has 5 nitrogen and oxygen atoms in total. The van der Waals surface area contributed by atoms with E-state index in [9.17, 15) is 13.2 Å². The molecule has 2 atom stereocenters. The fraction of sp³-hybridized carbons (Fsp3) is 0.429. The maximum atomic E-state index is 12.5.